The minimum Gasteiger partial charge on any atom is -0.444 e. The highest BCUT2D eigenvalue weighted by atomic mass is 35.5. The van der Waals surface area contributed by atoms with Crippen LogP contribution in [0.5, 0.6) is 0 Å². The van der Waals surface area contributed by atoms with Gasteiger partial charge in [0, 0.05) is 71.1 Å². The van der Waals surface area contributed by atoms with E-state index < -0.39 is 64.5 Å². The number of carbonyl (C=O) groups excluding carboxylic acids is 2. The maximum absolute atomic E-state index is 14.4. The molecule has 0 aliphatic carbocycles. The van der Waals surface area contributed by atoms with Crippen molar-refractivity contribution in [1.29, 1.82) is 0 Å². The smallest absolute Gasteiger partial charge is 0.444 e. The number of alkyl halides is 3. The Balaban J connectivity index is 0.914. The first kappa shape index (κ1) is 54.9. The standard InChI is InChI=1S/C54H61ClF3N5O8S3/c1-52(2,3)71-51(66)63-35-53(36-63)26-31-61(32-27-53)28-25-41(34-72-43-9-5-4-6-10-43)59-47-22-21-44(33-48(47)73(67,68)54(56,57)58)74(69,70)60-50(65)39-15-19-42(20-16-39)62-29-23-38(24-30-62)49(64)46-12-8-7-11-45(46)37-13-17-40(55)18-14-37/h4-22,33,38,41,49,59,64H,23-32,34-36H2,1-3H3,(H,60,65)/t41?,49-/m1/s1. The first-order valence-electron chi connectivity index (χ1n) is 24.5. The van der Waals surface area contributed by atoms with E-state index in [9.17, 15) is 44.7 Å². The molecule has 2 atom stereocenters. The van der Waals surface area contributed by atoms with Crippen molar-refractivity contribution in [3.63, 3.8) is 0 Å². The van der Waals surface area contributed by atoms with Crippen LogP contribution in [0.1, 0.15) is 74.9 Å². The zero-order valence-corrected chi connectivity index (χ0v) is 44.6. The SMILES string of the molecule is CC(C)(C)OC(=O)N1CC2(CCN(CCC(CSc3ccccc3)Nc3ccc(S(=O)(=O)NC(=O)c4ccc(N5CCC([C@@H](O)c6ccccc6-c6ccc(Cl)cc6)CC5)cc4)cc3S(=O)(=O)C(F)(F)F)CC2)C1. The topological polar surface area (TPSA) is 166 Å². The lowest BCUT2D eigenvalue weighted by Crippen LogP contribution is -2.62. The molecular weight excluding hydrogens is 1040 g/mol. The normalized spacial score (nSPS) is 17.6. The fourth-order valence-corrected chi connectivity index (χ4v) is 13.0. The van der Waals surface area contributed by atoms with Crippen LogP contribution in [0.2, 0.25) is 5.02 Å². The molecule has 13 nitrogen and oxygen atoms in total. The highest BCUT2D eigenvalue weighted by Gasteiger charge is 2.49. The number of sulfone groups is 1. The van der Waals surface area contributed by atoms with Gasteiger partial charge in [-0.1, -0.05) is 66.2 Å². The number of nitrogens with one attached hydrogen (secondary N) is 2. The molecule has 3 fully saturated rings. The number of hydrogen-bond donors (Lipinski definition) is 3. The van der Waals surface area contributed by atoms with Crippen LogP contribution in [-0.2, 0) is 24.6 Å². The minimum atomic E-state index is -6.12. The summed E-state index contributed by atoms with van der Waals surface area (Å²) in [6.07, 6.45) is 2.37. The Labute approximate surface area is 440 Å². The largest absolute Gasteiger partial charge is 0.501 e. The number of rotatable bonds is 16. The minimum absolute atomic E-state index is 0.0125. The molecule has 3 aliphatic rings. The van der Waals surface area contributed by atoms with Crippen LogP contribution in [0.15, 0.2) is 136 Å². The molecule has 0 saturated carbocycles. The molecule has 3 heterocycles. The molecule has 3 saturated heterocycles. The Bertz CT molecular complexity index is 3000. The van der Waals surface area contributed by atoms with Gasteiger partial charge in [0.2, 0.25) is 0 Å². The number of likely N-dealkylation sites (tertiary alicyclic amines) is 2. The van der Waals surface area contributed by atoms with Crippen molar-refractivity contribution in [2.75, 3.05) is 61.8 Å². The van der Waals surface area contributed by atoms with E-state index in [1.807, 2.05) is 104 Å². The zero-order valence-electron chi connectivity index (χ0n) is 41.4. The first-order chi connectivity index (χ1) is 35.0. The van der Waals surface area contributed by atoms with Gasteiger partial charge in [0.05, 0.1) is 16.7 Å². The van der Waals surface area contributed by atoms with E-state index in [1.165, 1.54) is 23.9 Å². The van der Waals surface area contributed by atoms with Crippen LogP contribution in [-0.4, -0.2) is 112 Å². The Morgan fingerprint density at radius 1 is 0.838 bits per heavy atom. The molecule has 0 bridgehead atoms. The Kier molecular flexibility index (Phi) is 16.7. The highest BCUT2D eigenvalue weighted by Crippen LogP contribution is 2.42. The number of carbonyl (C=O) groups is 2. The number of anilines is 2. The molecule has 3 aliphatic heterocycles. The molecule has 74 heavy (non-hydrogen) atoms. The lowest BCUT2D eigenvalue weighted by atomic mass is 9.72. The summed E-state index contributed by atoms with van der Waals surface area (Å²) in [5.74, 6) is -0.769. The van der Waals surface area contributed by atoms with Crippen molar-refractivity contribution in [3.8, 4) is 11.1 Å². The quantitative estimate of drug-likeness (QED) is 0.0802. The number of aliphatic hydroxyl groups excluding tert-OH is 1. The molecule has 2 amide bonds. The van der Waals surface area contributed by atoms with Gasteiger partial charge in [-0.25, -0.2) is 26.4 Å². The summed E-state index contributed by atoms with van der Waals surface area (Å²) < 4.78 is 104. The van der Waals surface area contributed by atoms with Gasteiger partial charge in [-0.15, -0.1) is 11.8 Å². The molecule has 20 heteroatoms. The Hall–Kier alpha value is -5.31. The third kappa shape index (κ3) is 13.2. The number of ether oxygens (including phenoxy) is 1. The average molecular weight is 1100 g/mol. The van der Waals surface area contributed by atoms with Gasteiger partial charge in [0.25, 0.3) is 25.8 Å². The molecule has 0 aromatic heterocycles. The van der Waals surface area contributed by atoms with E-state index in [1.54, 1.807) is 17.0 Å². The number of hydrogen-bond acceptors (Lipinski definition) is 12. The van der Waals surface area contributed by atoms with Crippen molar-refractivity contribution in [2.24, 2.45) is 11.3 Å². The summed E-state index contributed by atoms with van der Waals surface area (Å²) in [6.45, 7) is 9.86. The summed E-state index contributed by atoms with van der Waals surface area (Å²) in [5.41, 5.74) is -3.42. The maximum Gasteiger partial charge on any atom is 0.501 e. The van der Waals surface area contributed by atoms with Gasteiger partial charge in [-0.3, -0.25) is 4.79 Å². The van der Waals surface area contributed by atoms with Gasteiger partial charge in [0.15, 0.2) is 0 Å². The molecule has 1 spiro atoms. The van der Waals surface area contributed by atoms with Gasteiger partial charge in [-0.05, 0) is 155 Å². The van der Waals surface area contributed by atoms with E-state index in [2.05, 4.69) is 15.1 Å². The first-order valence-corrected chi connectivity index (χ1v) is 28.9. The van der Waals surface area contributed by atoms with Crippen LogP contribution in [0.25, 0.3) is 11.1 Å². The van der Waals surface area contributed by atoms with Gasteiger partial charge < -0.3 is 29.9 Å². The monoisotopic (exact) mass is 1100 g/mol. The van der Waals surface area contributed by atoms with Crippen molar-refractivity contribution < 1.29 is 49.4 Å². The number of nitrogens with zero attached hydrogens (tertiary/aromatic N) is 3. The van der Waals surface area contributed by atoms with Crippen LogP contribution >= 0.6 is 23.4 Å². The number of aliphatic hydroxyl groups is 1. The van der Waals surface area contributed by atoms with E-state index >= 15 is 0 Å². The van der Waals surface area contributed by atoms with E-state index in [0.29, 0.717) is 68.8 Å². The summed E-state index contributed by atoms with van der Waals surface area (Å²) in [6, 6.07) is 32.5. The van der Waals surface area contributed by atoms with Crippen LogP contribution in [0.3, 0.4) is 0 Å². The maximum atomic E-state index is 14.4. The molecule has 5 aromatic carbocycles. The third-order valence-corrected chi connectivity index (χ3v) is 18.3. The summed E-state index contributed by atoms with van der Waals surface area (Å²) in [4.78, 5) is 30.8. The predicted molar refractivity (Wildman–Crippen MR) is 283 cm³/mol. The average Bonchev–Trinajstić information content (AvgIpc) is 3.36. The molecule has 0 radical (unpaired) electrons. The second kappa shape index (κ2) is 22.5. The van der Waals surface area contributed by atoms with Crippen molar-refractivity contribution in [1.82, 2.24) is 14.5 Å². The van der Waals surface area contributed by atoms with E-state index in [-0.39, 0.29) is 23.0 Å². The number of benzene rings is 5. The number of amides is 2. The lowest BCUT2D eigenvalue weighted by molar-refractivity contribution is -0.0593. The summed E-state index contributed by atoms with van der Waals surface area (Å²) >= 11 is 7.55. The van der Waals surface area contributed by atoms with Crippen LogP contribution in [0, 0.1) is 11.3 Å². The molecular formula is C54H61ClF3N5O8S3. The second-order valence-corrected chi connectivity index (χ2v) is 25.5. The highest BCUT2D eigenvalue weighted by molar-refractivity contribution is 7.99. The molecule has 5 aromatic rings. The predicted octanol–water partition coefficient (Wildman–Crippen LogP) is 10.7. The van der Waals surface area contributed by atoms with Crippen LogP contribution in [0.4, 0.5) is 29.3 Å². The number of thioether (sulfide) groups is 1. The van der Waals surface area contributed by atoms with Gasteiger partial charge in [-0.2, -0.15) is 13.2 Å². The van der Waals surface area contributed by atoms with Crippen molar-refractivity contribution >= 4 is 66.6 Å². The van der Waals surface area contributed by atoms with Crippen molar-refractivity contribution in [2.45, 2.75) is 90.8 Å². The number of piperidine rings is 2. The summed E-state index contributed by atoms with van der Waals surface area (Å²) in [7, 11) is -11.0. The second-order valence-electron chi connectivity index (χ2n) is 20.4. The zero-order chi connectivity index (χ0) is 53.1. The van der Waals surface area contributed by atoms with E-state index in [4.69, 9.17) is 16.3 Å². The number of sulfonamides is 1. The molecule has 396 valence electrons. The Morgan fingerprint density at radius 3 is 2.11 bits per heavy atom. The lowest BCUT2D eigenvalue weighted by Gasteiger charge is -2.53. The fraction of sp³-hybridized carbons (Fsp3) is 0.407. The molecule has 3 N–H and O–H groups in total. The fourth-order valence-electron chi connectivity index (χ4n) is 9.83. The Morgan fingerprint density at radius 2 is 1.47 bits per heavy atom. The molecule has 8 rings (SSSR count). The van der Waals surface area contributed by atoms with E-state index in [0.717, 1.165) is 65.3 Å². The van der Waals surface area contributed by atoms with Crippen LogP contribution < -0.4 is 14.9 Å². The molecule has 1 unspecified atom stereocenters. The van der Waals surface area contributed by atoms with Gasteiger partial charge >= 0.3 is 11.6 Å². The van der Waals surface area contributed by atoms with Gasteiger partial charge in [0.1, 0.15) is 10.5 Å². The van der Waals surface area contributed by atoms with Crippen molar-refractivity contribution in [3.05, 3.63) is 137 Å². The summed E-state index contributed by atoms with van der Waals surface area (Å²) in [5, 5.41) is 15.2. The third-order valence-electron chi connectivity index (χ3n) is 14.0. The number of halogens is 4.